The predicted octanol–water partition coefficient (Wildman–Crippen LogP) is 4.83. The number of nitrogens with zero attached hydrogens (tertiary/aromatic N) is 2. The Morgan fingerprint density at radius 2 is 1.79 bits per heavy atom. The summed E-state index contributed by atoms with van der Waals surface area (Å²) in [6.45, 7) is 4.60. The van der Waals surface area contributed by atoms with Crippen molar-refractivity contribution < 1.29 is 32.9 Å². The van der Waals surface area contributed by atoms with E-state index in [4.69, 9.17) is 18.9 Å². The van der Waals surface area contributed by atoms with Crippen LogP contribution in [0.5, 0.6) is 0 Å². The van der Waals surface area contributed by atoms with Gasteiger partial charge in [-0.05, 0) is 12.8 Å². The fraction of sp³-hybridized carbons (Fsp3) is 0.727. The smallest absolute Gasteiger partial charge is 0.449 e. The third kappa shape index (κ3) is 9.88. The fourth-order valence-electron chi connectivity index (χ4n) is 3.10. The maximum absolute atomic E-state index is 14.4. The Morgan fingerprint density at radius 3 is 2.47 bits per heavy atom. The number of thioether (sulfide) groups is 1. The highest BCUT2D eigenvalue weighted by Crippen LogP contribution is 2.31. The number of hydrogen-bond donors (Lipinski definition) is 1. The molecule has 0 aromatic carbocycles. The number of ether oxygens (including phenoxy) is 4. The molecule has 1 fully saturated rings. The molecule has 1 amide bonds. The molecule has 2 heterocycles. The van der Waals surface area contributed by atoms with Crippen LogP contribution in [0, 0.1) is 5.82 Å². The summed E-state index contributed by atoms with van der Waals surface area (Å²) in [5, 5.41) is 2.15. The van der Waals surface area contributed by atoms with Gasteiger partial charge < -0.3 is 18.9 Å². The summed E-state index contributed by atoms with van der Waals surface area (Å²) in [5.41, 5.74) is -1.33. The molecular formula is C22H34FN3O7S. The van der Waals surface area contributed by atoms with Crippen LogP contribution < -0.4 is 11.0 Å². The number of rotatable bonds is 14. The highest BCUT2D eigenvalue weighted by Gasteiger charge is 2.30. The van der Waals surface area contributed by atoms with E-state index in [0.29, 0.717) is 18.8 Å². The number of anilines is 1. The molecule has 2 rings (SSSR count). The van der Waals surface area contributed by atoms with E-state index < -0.39 is 41.2 Å². The lowest BCUT2D eigenvalue weighted by atomic mass is 10.2. The van der Waals surface area contributed by atoms with Crippen LogP contribution in [0.3, 0.4) is 0 Å². The SMILES string of the molecule is CCCCCCOC(=O)Nc1nc(=O)n([C@@H]2CS[C@H](COC(=O)OCCCCCC)O2)cc1F. The molecule has 1 N–H and O–H groups in total. The number of carbonyl (C=O) groups excluding carboxylic acids is 2. The minimum atomic E-state index is -0.900. The summed E-state index contributed by atoms with van der Waals surface area (Å²) in [6.07, 6.45) is 6.15. The predicted molar refractivity (Wildman–Crippen MR) is 125 cm³/mol. The topological polar surface area (TPSA) is 118 Å². The van der Waals surface area contributed by atoms with Gasteiger partial charge in [0.2, 0.25) is 0 Å². The Bertz CT molecular complexity index is 839. The third-order valence-corrected chi connectivity index (χ3v) is 6.05. The Labute approximate surface area is 202 Å². The van der Waals surface area contributed by atoms with Gasteiger partial charge in [0.15, 0.2) is 11.6 Å². The average Bonchev–Trinajstić information content (AvgIpc) is 3.28. The van der Waals surface area contributed by atoms with E-state index in [1.165, 1.54) is 11.8 Å². The van der Waals surface area contributed by atoms with E-state index in [9.17, 15) is 18.8 Å². The minimum Gasteiger partial charge on any atom is -0.449 e. The van der Waals surface area contributed by atoms with Crippen molar-refractivity contribution in [1.29, 1.82) is 0 Å². The summed E-state index contributed by atoms with van der Waals surface area (Å²) in [5.74, 6) is -1.08. The summed E-state index contributed by atoms with van der Waals surface area (Å²) in [7, 11) is 0. The first kappa shape index (κ1) is 27.9. The maximum atomic E-state index is 14.4. The lowest BCUT2D eigenvalue weighted by Crippen LogP contribution is -2.31. The first-order valence-electron chi connectivity index (χ1n) is 11.7. The van der Waals surface area contributed by atoms with E-state index in [1.54, 1.807) is 0 Å². The van der Waals surface area contributed by atoms with Gasteiger partial charge in [-0.15, -0.1) is 11.8 Å². The molecule has 34 heavy (non-hydrogen) atoms. The molecule has 2 atom stereocenters. The van der Waals surface area contributed by atoms with Gasteiger partial charge in [0, 0.05) is 5.75 Å². The van der Waals surface area contributed by atoms with E-state index >= 15 is 0 Å². The van der Waals surface area contributed by atoms with Crippen LogP contribution in [0.4, 0.5) is 19.8 Å². The molecule has 1 aromatic heterocycles. The van der Waals surface area contributed by atoms with Gasteiger partial charge in [-0.2, -0.15) is 4.98 Å². The molecule has 1 aromatic rings. The third-order valence-electron chi connectivity index (χ3n) is 4.96. The molecule has 0 radical (unpaired) electrons. The van der Waals surface area contributed by atoms with Crippen LogP contribution in [-0.2, 0) is 18.9 Å². The molecule has 192 valence electrons. The molecule has 1 saturated heterocycles. The van der Waals surface area contributed by atoms with Gasteiger partial charge in [0.1, 0.15) is 18.3 Å². The molecule has 10 nitrogen and oxygen atoms in total. The lowest BCUT2D eigenvalue weighted by Gasteiger charge is -2.15. The molecule has 0 aliphatic carbocycles. The first-order valence-corrected chi connectivity index (χ1v) is 12.8. The van der Waals surface area contributed by atoms with Crippen LogP contribution in [-0.4, -0.2) is 52.8 Å². The van der Waals surface area contributed by atoms with Crippen molar-refractivity contribution in [2.75, 3.05) is 30.9 Å². The Balaban J connectivity index is 1.77. The van der Waals surface area contributed by atoms with Crippen LogP contribution >= 0.6 is 11.8 Å². The molecule has 1 aliphatic rings. The van der Waals surface area contributed by atoms with Crippen molar-refractivity contribution in [2.45, 2.75) is 76.9 Å². The number of halogens is 1. The van der Waals surface area contributed by atoms with Crippen molar-refractivity contribution in [3.05, 3.63) is 22.5 Å². The molecular weight excluding hydrogens is 469 g/mol. The Hall–Kier alpha value is -2.34. The number of aromatic nitrogens is 2. The van der Waals surface area contributed by atoms with Gasteiger partial charge in [0.05, 0.1) is 19.4 Å². The number of amides is 1. The van der Waals surface area contributed by atoms with Crippen LogP contribution in [0.2, 0.25) is 0 Å². The highest BCUT2D eigenvalue weighted by atomic mass is 32.2. The Morgan fingerprint density at radius 1 is 1.12 bits per heavy atom. The zero-order valence-corrected chi connectivity index (χ0v) is 20.6. The molecule has 0 saturated carbocycles. The quantitative estimate of drug-likeness (QED) is 0.281. The van der Waals surface area contributed by atoms with Gasteiger partial charge >= 0.3 is 17.9 Å². The molecule has 0 bridgehead atoms. The van der Waals surface area contributed by atoms with E-state index in [0.717, 1.165) is 55.7 Å². The summed E-state index contributed by atoms with van der Waals surface area (Å²) in [4.78, 5) is 39.4. The van der Waals surface area contributed by atoms with Gasteiger partial charge in [-0.1, -0.05) is 52.4 Å². The number of unbranched alkanes of at least 4 members (excludes halogenated alkanes) is 6. The second-order valence-corrected chi connectivity index (χ2v) is 8.97. The van der Waals surface area contributed by atoms with Crippen LogP contribution in [0.25, 0.3) is 0 Å². The molecule has 0 unspecified atom stereocenters. The average molecular weight is 504 g/mol. The number of hydrogen-bond acceptors (Lipinski definition) is 9. The number of nitrogens with one attached hydrogen (secondary N) is 1. The highest BCUT2D eigenvalue weighted by molar-refractivity contribution is 8.00. The van der Waals surface area contributed by atoms with Crippen LogP contribution in [0.15, 0.2) is 11.0 Å². The van der Waals surface area contributed by atoms with Crippen molar-refractivity contribution in [3.63, 3.8) is 0 Å². The van der Waals surface area contributed by atoms with Crippen molar-refractivity contribution in [2.24, 2.45) is 0 Å². The second-order valence-electron chi connectivity index (χ2n) is 7.77. The Kier molecular flexibility index (Phi) is 12.8. The monoisotopic (exact) mass is 503 g/mol. The van der Waals surface area contributed by atoms with Crippen LogP contribution in [0.1, 0.15) is 71.4 Å². The standard InChI is InChI=1S/C22H34FN3O7S/c1-3-5-7-9-11-30-21(28)25-19-16(23)13-26(20(27)24-19)17-15-34-18(33-17)14-32-22(29)31-12-10-8-6-4-2/h13,17-18H,3-12,14-15H2,1-2H3,(H,24,25,27,28)/t17-,18+/m0/s1. The van der Waals surface area contributed by atoms with Crippen molar-refractivity contribution in [3.8, 4) is 0 Å². The largest absolute Gasteiger partial charge is 0.508 e. The molecule has 1 aliphatic heterocycles. The second kappa shape index (κ2) is 15.5. The molecule has 0 spiro atoms. The lowest BCUT2D eigenvalue weighted by molar-refractivity contribution is -0.0242. The van der Waals surface area contributed by atoms with Crippen molar-refractivity contribution in [1.82, 2.24) is 9.55 Å². The minimum absolute atomic E-state index is 0.0661. The fourth-order valence-corrected chi connectivity index (χ4v) is 4.09. The zero-order valence-electron chi connectivity index (χ0n) is 19.8. The number of carbonyl (C=O) groups is 2. The molecule has 12 heteroatoms. The normalized spacial score (nSPS) is 17.4. The van der Waals surface area contributed by atoms with E-state index in [1.807, 2.05) is 0 Å². The van der Waals surface area contributed by atoms with Crippen molar-refractivity contribution >= 4 is 29.8 Å². The summed E-state index contributed by atoms with van der Waals surface area (Å²) < 4.78 is 36.1. The summed E-state index contributed by atoms with van der Waals surface area (Å²) >= 11 is 1.31. The van der Waals surface area contributed by atoms with E-state index in [-0.39, 0.29) is 13.2 Å². The maximum Gasteiger partial charge on any atom is 0.508 e. The van der Waals surface area contributed by atoms with Gasteiger partial charge in [-0.25, -0.2) is 18.8 Å². The van der Waals surface area contributed by atoms with E-state index in [2.05, 4.69) is 24.1 Å². The zero-order chi connectivity index (χ0) is 24.8. The van der Waals surface area contributed by atoms with Gasteiger partial charge in [0.25, 0.3) is 0 Å². The summed E-state index contributed by atoms with van der Waals surface area (Å²) in [6, 6.07) is 0. The van der Waals surface area contributed by atoms with Gasteiger partial charge in [-0.3, -0.25) is 9.88 Å². The first-order chi connectivity index (χ1) is 16.4.